The first kappa shape index (κ1) is 13.3. The van der Waals surface area contributed by atoms with Gasteiger partial charge in [0, 0.05) is 0 Å². The molecule has 2 rings (SSSR count). The van der Waals surface area contributed by atoms with Crippen LogP contribution in [0.1, 0.15) is 11.1 Å². The minimum atomic E-state index is -4.56. The summed E-state index contributed by atoms with van der Waals surface area (Å²) in [6.07, 6.45) is -4.56. The van der Waals surface area contributed by atoms with Gasteiger partial charge in [-0.3, -0.25) is 0 Å². The number of phenolic OH excluding ortho intramolecular Hbond substituents is 1. The van der Waals surface area contributed by atoms with Crippen LogP contribution >= 0.6 is 0 Å². The fraction of sp³-hybridized carbons (Fsp3) is 0.143. The van der Waals surface area contributed by atoms with Gasteiger partial charge in [-0.05, 0) is 23.8 Å². The highest BCUT2D eigenvalue weighted by Gasteiger charge is 2.34. The van der Waals surface area contributed by atoms with E-state index < -0.39 is 17.5 Å². The Hall–Kier alpha value is -2.17. The Morgan fingerprint density at radius 2 is 1.68 bits per heavy atom. The molecule has 2 aromatic carbocycles. The first-order chi connectivity index (χ1) is 8.97. The second-order valence-corrected chi connectivity index (χ2v) is 3.95. The maximum absolute atomic E-state index is 12.8. The molecule has 0 aromatic heterocycles. The maximum Gasteiger partial charge on any atom is 0.420 e. The summed E-state index contributed by atoms with van der Waals surface area (Å²) >= 11 is 0. The summed E-state index contributed by atoms with van der Waals surface area (Å²) in [4.78, 5) is 0. The highest BCUT2D eigenvalue weighted by molar-refractivity contribution is 5.41. The van der Waals surface area contributed by atoms with Crippen LogP contribution in [0.25, 0.3) is 0 Å². The van der Waals surface area contributed by atoms with Gasteiger partial charge in [0.15, 0.2) is 0 Å². The van der Waals surface area contributed by atoms with Crippen LogP contribution in [0.4, 0.5) is 13.2 Å². The van der Waals surface area contributed by atoms with Crippen LogP contribution in [0.2, 0.25) is 0 Å². The van der Waals surface area contributed by atoms with E-state index in [2.05, 4.69) is 0 Å². The molecule has 0 aliphatic rings. The molecule has 0 saturated heterocycles. The van der Waals surface area contributed by atoms with Crippen molar-refractivity contribution < 1.29 is 23.0 Å². The molecule has 100 valence electrons. The van der Waals surface area contributed by atoms with Gasteiger partial charge in [0.1, 0.15) is 23.7 Å². The molecule has 1 N–H and O–H groups in total. The van der Waals surface area contributed by atoms with Crippen molar-refractivity contribution >= 4 is 0 Å². The number of rotatable bonds is 3. The molecule has 19 heavy (non-hydrogen) atoms. The van der Waals surface area contributed by atoms with E-state index in [1.54, 1.807) is 24.3 Å². The maximum atomic E-state index is 12.8. The Kier molecular flexibility index (Phi) is 3.64. The van der Waals surface area contributed by atoms with Gasteiger partial charge in [0.05, 0.1) is 0 Å². The van der Waals surface area contributed by atoms with Crippen LogP contribution < -0.4 is 4.74 Å². The van der Waals surface area contributed by atoms with Crippen LogP contribution in [0, 0.1) is 0 Å². The summed E-state index contributed by atoms with van der Waals surface area (Å²) in [6.45, 7) is 0.0364. The quantitative estimate of drug-likeness (QED) is 0.912. The molecule has 2 nitrogen and oxygen atoms in total. The summed E-state index contributed by atoms with van der Waals surface area (Å²) in [6, 6.07) is 11.8. The molecule has 0 saturated carbocycles. The Morgan fingerprint density at radius 1 is 1.00 bits per heavy atom. The van der Waals surface area contributed by atoms with Gasteiger partial charge in [0.2, 0.25) is 0 Å². The second kappa shape index (κ2) is 5.22. The Bertz CT molecular complexity index is 550. The highest BCUT2D eigenvalue weighted by Crippen LogP contribution is 2.38. The molecule has 0 heterocycles. The number of hydrogen-bond donors (Lipinski definition) is 1. The summed E-state index contributed by atoms with van der Waals surface area (Å²) < 4.78 is 43.5. The van der Waals surface area contributed by atoms with Gasteiger partial charge in [-0.1, -0.05) is 30.3 Å². The zero-order chi connectivity index (χ0) is 13.9. The van der Waals surface area contributed by atoms with Gasteiger partial charge in [-0.25, -0.2) is 0 Å². The topological polar surface area (TPSA) is 29.5 Å². The van der Waals surface area contributed by atoms with Crippen molar-refractivity contribution in [3.63, 3.8) is 0 Å². The van der Waals surface area contributed by atoms with Crippen LogP contribution in [-0.4, -0.2) is 5.11 Å². The van der Waals surface area contributed by atoms with Gasteiger partial charge in [-0.2, -0.15) is 13.2 Å². The molecule has 0 atom stereocenters. The van der Waals surface area contributed by atoms with Crippen molar-refractivity contribution in [2.45, 2.75) is 12.8 Å². The third-order valence-corrected chi connectivity index (χ3v) is 2.51. The smallest absolute Gasteiger partial charge is 0.420 e. The molecule has 0 radical (unpaired) electrons. The van der Waals surface area contributed by atoms with Gasteiger partial charge < -0.3 is 9.84 Å². The zero-order valence-electron chi connectivity index (χ0n) is 9.82. The van der Waals surface area contributed by atoms with E-state index in [9.17, 15) is 13.2 Å². The Labute approximate surface area is 108 Å². The largest absolute Gasteiger partial charge is 0.508 e. The molecule has 0 aliphatic heterocycles. The van der Waals surface area contributed by atoms with E-state index in [0.29, 0.717) is 6.07 Å². The number of hydrogen-bond acceptors (Lipinski definition) is 2. The van der Waals surface area contributed by atoms with Crippen molar-refractivity contribution in [2.24, 2.45) is 0 Å². The molecule has 0 fully saturated rings. The lowest BCUT2D eigenvalue weighted by atomic mass is 10.2. The fourth-order valence-corrected chi connectivity index (χ4v) is 1.60. The molecule has 0 bridgehead atoms. The first-order valence-electron chi connectivity index (χ1n) is 5.54. The van der Waals surface area contributed by atoms with E-state index >= 15 is 0 Å². The average molecular weight is 268 g/mol. The zero-order valence-corrected chi connectivity index (χ0v) is 9.82. The Balaban J connectivity index is 2.21. The standard InChI is InChI=1S/C14H11F3O2/c15-14(16,17)12-8-11(18)6-7-13(12)19-9-10-4-2-1-3-5-10/h1-8,18H,9H2. The summed E-state index contributed by atoms with van der Waals surface area (Å²) in [5.74, 6) is -0.742. The lowest BCUT2D eigenvalue weighted by Gasteiger charge is -2.14. The van der Waals surface area contributed by atoms with E-state index in [4.69, 9.17) is 9.84 Å². The van der Waals surface area contributed by atoms with E-state index in [0.717, 1.165) is 17.7 Å². The predicted molar refractivity (Wildman–Crippen MR) is 63.9 cm³/mol. The monoisotopic (exact) mass is 268 g/mol. The normalized spacial score (nSPS) is 11.3. The van der Waals surface area contributed by atoms with Gasteiger partial charge >= 0.3 is 6.18 Å². The van der Waals surface area contributed by atoms with Gasteiger partial charge in [-0.15, -0.1) is 0 Å². The van der Waals surface area contributed by atoms with Crippen molar-refractivity contribution in [3.05, 3.63) is 59.7 Å². The molecule has 0 spiro atoms. The van der Waals surface area contributed by atoms with Crippen molar-refractivity contribution in [3.8, 4) is 11.5 Å². The number of halogens is 3. The van der Waals surface area contributed by atoms with E-state index in [-0.39, 0.29) is 12.4 Å². The van der Waals surface area contributed by atoms with Crippen molar-refractivity contribution in [1.29, 1.82) is 0 Å². The van der Waals surface area contributed by atoms with Crippen LogP contribution in [-0.2, 0) is 12.8 Å². The number of benzene rings is 2. The molecule has 0 unspecified atom stereocenters. The highest BCUT2D eigenvalue weighted by atomic mass is 19.4. The lowest BCUT2D eigenvalue weighted by molar-refractivity contribution is -0.139. The number of aromatic hydroxyl groups is 1. The van der Waals surface area contributed by atoms with E-state index in [1.807, 2.05) is 6.07 Å². The molecule has 5 heteroatoms. The van der Waals surface area contributed by atoms with Crippen LogP contribution in [0.5, 0.6) is 11.5 Å². The first-order valence-corrected chi connectivity index (χ1v) is 5.54. The van der Waals surface area contributed by atoms with Crippen molar-refractivity contribution in [1.82, 2.24) is 0 Å². The minimum Gasteiger partial charge on any atom is -0.508 e. The van der Waals surface area contributed by atoms with Crippen molar-refractivity contribution in [2.75, 3.05) is 0 Å². The average Bonchev–Trinajstić information content (AvgIpc) is 2.37. The number of ether oxygens (including phenoxy) is 1. The molecule has 2 aromatic rings. The second-order valence-electron chi connectivity index (χ2n) is 3.95. The van der Waals surface area contributed by atoms with Crippen LogP contribution in [0.15, 0.2) is 48.5 Å². The molecule has 0 amide bonds. The summed E-state index contributed by atoms with van der Waals surface area (Å²) in [5, 5.41) is 9.13. The fourth-order valence-electron chi connectivity index (χ4n) is 1.60. The molecule has 0 aliphatic carbocycles. The molecular weight excluding hydrogens is 257 g/mol. The third kappa shape index (κ3) is 3.40. The number of alkyl halides is 3. The SMILES string of the molecule is Oc1ccc(OCc2ccccc2)c(C(F)(F)F)c1. The van der Waals surface area contributed by atoms with Crippen LogP contribution in [0.3, 0.4) is 0 Å². The lowest BCUT2D eigenvalue weighted by Crippen LogP contribution is -2.08. The number of phenols is 1. The Morgan fingerprint density at radius 3 is 2.32 bits per heavy atom. The molecular formula is C14H11F3O2. The van der Waals surface area contributed by atoms with Gasteiger partial charge in [0.25, 0.3) is 0 Å². The predicted octanol–water partition coefficient (Wildman–Crippen LogP) is 3.99. The minimum absolute atomic E-state index is 0.0364. The van der Waals surface area contributed by atoms with E-state index in [1.165, 1.54) is 0 Å². The third-order valence-electron chi connectivity index (χ3n) is 2.51. The summed E-state index contributed by atoms with van der Waals surface area (Å²) in [5.41, 5.74) is -0.216. The summed E-state index contributed by atoms with van der Waals surface area (Å²) in [7, 11) is 0.